The number of carbonyl (C=O) groups is 1. The summed E-state index contributed by atoms with van der Waals surface area (Å²) in [4.78, 5) is 11.8. The van der Waals surface area contributed by atoms with E-state index in [0.29, 0.717) is 25.9 Å². The van der Waals surface area contributed by atoms with Gasteiger partial charge < -0.3 is 4.74 Å². The zero-order valence-corrected chi connectivity index (χ0v) is 11.9. The van der Waals surface area contributed by atoms with Gasteiger partial charge in [0.2, 0.25) is 0 Å². The number of Topliss-reactive ketones (excluding diaryl/α,β-unsaturated/α-hetero) is 1. The SMILES string of the molecule is CCCC(OCC)C(=O)CCCS(=O)(=O)CC. The van der Waals surface area contributed by atoms with Gasteiger partial charge in [-0.15, -0.1) is 0 Å². The van der Waals surface area contributed by atoms with Crippen LogP contribution in [0.2, 0.25) is 0 Å². The minimum atomic E-state index is -2.96. The van der Waals surface area contributed by atoms with Gasteiger partial charge in [-0.1, -0.05) is 20.3 Å². The predicted octanol–water partition coefficient (Wildman–Crippen LogP) is 1.98. The minimum absolute atomic E-state index is 0.0278. The van der Waals surface area contributed by atoms with Crippen molar-refractivity contribution in [2.75, 3.05) is 18.1 Å². The molecular weight excluding hydrogens is 240 g/mol. The van der Waals surface area contributed by atoms with Crippen molar-refractivity contribution in [2.45, 2.75) is 52.6 Å². The summed E-state index contributed by atoms with van der Waals surface area (Å²) in [6, 6.07) is 0. The highest BCUT2D eigenvalue weighted by Gasteiger charge is 2.18. The van der Waals surface area contributed by atoms with Crippen LogP contribution in [0.5, 0.6) is 0 Å². The van der Waals surface area contributed by atoms with Crippen LogP contribution < -0.4 is 0 Å². The van der Waals surface area contributed by atoms with Crippen LogP contribution in [0.1, 0.15) is 46.5 Å². The Morgan fingerprint density at radius 2 is 1.88 bits per heavy atom. The summed E-state index contributed by atoms with van der Waals surface area (Å²) in [7, 11) is -2.96. The van der Waals surface area contributed by atoms with Crippen LogP contribution in [0.15, 0.2) is 0 Å². The first-order valence-electron chi connectivity index (χ1n) is 6.31. The van der Waals surface area contributed by atoms with E-state index in [1.807, 2.05) is 13.8 Å². The maximum Gasteiger partial charge on any atom is 0.161 e. The monoisotopic (exact) mass is 264 g/mol. The molecule has 4 nitrogen and oxygen atoms in total. The largest absolute Gasteiger partial charge is 0.371 e. The molecule has 0 saturated heterocycles. The number of hydrogen-bond donors (Lipinski definition) is 0. The lowest BCUT2D eigenvalue weighted by Gasteiger charge is -2.14. The molecule has 0 bridgehead atoms. The fourth-order valence-corrected chi connectivity index (χ4v) is 2.45. The maximum absolute atomic E-state index is 11.8. The van der Waals surface area contributed by atoms with Gasteiger partial charge in [0.05, 0.1) is 5.75 Å². The van der Waals surface area contributed by atoms with E-state index in [1.54, 1.807) is 6.92 Å². The van der Waals surface area contributed by atoms with E-state index in [1.165, 1.54) is 0 Å². The molecule has 1 unspecified atom stereocenters. The summed E-state index contributed by atoms with van der Waals surface area (Å²) in [5.41, 5.74) is 0. The molecule has 0 aliphatic rings. The molecule has 17 heavy (non-hydrogen) atoms. The van der Waals surface area contributed by atoms with Gasteiger partial charge in [-0.25, -0.2) is 8.42 Å². The lowest BCUT2D eigenvalue weighted by atomic mass is 10.1. The Bertz CT molecular complexity index is 302. The predicted molar refractivity (Wildman–Crippen MR) is 68.9 cm³/mol. The standard InChI is InChI=1S/C12H24O4S/c1-4-8-12(16-5-2)11(13)9-7-10-17(14,15)6-3/h12H,4-10H2,1-3H3. The van der Waals surface area contributed by atoms with Crippen molar-refractivity contribution < 1.29 is 17.9 Å². The van der Waals surface area contributed by atoms with Gasteiger partial charge >= 0.3 is 0 Å². The summed E-state index contributed by atoms with van der Waals surface area (Å²) >= 11 is 0. The molecule has 0 fully saturated rings. The summed E-state index contributed by atoms with van der Waals surface area (Å²) in [5, 5.41) is 0. The lowest BCUT2D eigenvalue weighted by molar-refractivity contribution is -0.130. The van der Waals surface area contributed by atoms with E-state index in [-0.39, 0.29) is 23.4 Å². The molecule has 0 heterocycles. The van der Waals surface area contributed by atoms with Crippen LogP contribution in [-0.2, 0) is 19.4 Å². The zero-order valence-electron chi connectivity index (χ0n) is 11.1. The van der Waals surface area contributed by atoms with Crippen molar-refractivity contribution in [1.29, 1.82) is 0 Å². The number of hydrogen-bond acceptors (Lipinski definition) is 4. The molecule has 0 aromatic heterocycles. The van der Waals surface area contributed by atoms with Crippen molar-refractivity contribution in [3.63, 3.8) is 0 Å². The molecule has 102 valence electrons. The molecule has 0 aliphatic heterocycles. The molecule has 0 rings (SSSR count). The Morgan fingerprint density at radius 3 is 2.35 bits per heavy atom. The fraction of sp³-hybridized carbons (Fsp3) is 0.917. The number of ketones is 1. The third kappa shape index (κ3) is 7.49. The average Bonchev–Trinajstić information content (AvgIpc) is 2.28. The van der Waals surface area contributed by atoms with Crippen LogP contribution in [-0.4, -0.2) is 38.4 Å². The molecule has 0 aromatic carbocycles. The highest BCUT2D eigenvalue weighted by atomic mass is 32.2. The average molecular weight is 264 g/mol. The lowest BCUT2D eigenvalue weighted by Crippen LogP contribution is -2.24. The van der Waals surface area contributed by atoms with Crippen LogP contribution in [0, 0.1) is 0 Å². The molecule has 0 saturated carbocycles. The second-order valence-corrected chi connectivity index (χ2v) is 6.51. The number of rotatable bonds is 10. The Kier molecular flexibility index (Phi) is 8.43. The fourth-order valence-electron chi connectivity index (χ4n) is 1.57. The second-order valence-electron chi connectivity index (χ2n) is 4.04. The highest BCUT2D eigenvalue weighted by Crippen LogP contribution is 2.08. The first kappa shape index (κ1) is 16.6. The summed E-state index contributed by atoms with van der Waals surface area (Å²) in [6.45, 7) is 6.00. The summed E-state index contributed by atoms with van der Waals surface area (Å²) in [6.07, 6.45) is 1.96. The first-order chi connectivity index (χ1) is 7.96. The van der Waals surface area contributed by atoms with Gasteiger partial charge in [0.25, 0.3) is 0 Å². The third-order valence-electron chi connectivity index (χ3n) is 2.60. The number of ether oxygens (including phenoxy) is 1. The zero-order chi connectivity index (χ0) is 13.3. The third-order valence-corrected chi connectivity index (χ3v) is 4.39. The van der Waals surface area contributed by atoms with Gasteiger partial charge in [-0.2, -0.15) is 0 Å². The normalized spacial score (nSPS) is 13.6. The highest BCUT2D eigenvalue weighted by molar-refractivity contribution is 7.91. The van der Waals surface area contributed by atoms with Crippen molar-refractivity contribution in [3.8, 4) is 0 Å². The van der Waals surface area contributed by atoms with Crippen LogP contribution in [0.3, 0.4) is 0 Å². The van der Waals surface area contributed by atoms with Crippen LogP contribution in [0.25, 0.3) is 0 Å². The van der Waals surface area contributed by atoms with E-state index in [4.69, 9.17) is 4.74 Å². The summed E-state index contributed by atoms with van der Waals surface area (Å²) in [5.74, 6) is 0.269. The van der Waals surface area contributed by atoms with E-state index in [2.05, 4.69) is 0 Å². The Hall–Kier alpha value is -0.420. The van der Waals surface area contributed by atoms with Crippen molar-refractivity contribution >= 4 is 15.6 Å². The van der Waals surface area contributed by atoms with E-state index >= 15 is 0 Å². The van der Waals surface area contributed by atoms with Gasteiger partial charge in [0, 0.05) is 18.8 Å². The molecule has 0 aromatic rings. The molecule has 0 N–H and O–H groups in total. The van der Waals surface area contributed by atoms with Crippen molar-refractivity contribution in [1.82, 2.24) is 0 Å². The smallest absolute Gasteiger partial charge is 0.161 e. The van der Waals surface area contributed by atoms with Gasteiger partial charge in [0.1, 0.15) is 15.9 Å². The maximum atomic E-state index is 11.8. The minimum Gasteiger partial charge on any atom is -0.371 e. The van der Waals surface area contributed by atoms with Crippen LogP contribution >= 0.6 is 0 Å². The van der Waals surface area contributed by atoms with Crippen molar-refractivity contribution in [3.05, 3.63) is 0 Å². The van der Waals surface area contributed by atoms with Gasteiger partial charge in [-0.05, 0) is 19.8 Å². The topological polar surface area (TPSA) is 60.4 Å². The summed E-state index contributed by atoms with van der Waals surface area (Å²) < 4.78 is 27.9. The number of sulfone groups is 1. The van der Waals surface area contributed by atoms with Gasteiger partial charge in [-0.3, -0.25) is 4.79 Å². The van der Waals surface area contributed by atoms with E-state index < -0.39 is 9.84 Å². The quantitative estimate of drug-likeness (QED) is 0.605. The first-order valence-corrected chi connectivity index (χ1v) is 8.13. The Morgan fingerprint density at radius 1 is 1.24 bits per heavy atom. The van der Waals surface area contributed by atoms with Crippen LogP contribution in [0.4, 0.5) is 0 Å². The molecule has 0 aliphatic carbocycles. The molecule has 5 heteroatoms. The molecule has 0 radical (unpaired) electrons. The van der Waals surface area contributed by atoms with E-state index in [9.17, 15) is 13.2 Å². The Labute approximate surface area is 105 Å². The van der Waals surface area contributed by atoms with E-state index in [0.717, 1.165) is 6.42 Å². The van der Waals surface area contributed by atoms with Crippen molar-refractivity contribution in [2.24, 2.45) is 0 Å². The molecule has 0 amide bonds. The number of carbonyl (C=O) groups excluding carboxylic acids is 1. The molecular formula is C12H24O4S. The molecule has 1 atom stereocenters. The Balaban J connectivity index is 4.06. The molecule has 0 spiro atoms. The van der Waals surface area contributed by atoms with Gasteiger partial charge in [0.15, 0.2) is 5.78 Å². The second kappa shape index (κ2) is 8.64.